The Balaban J connectivity index is 5.54. The maximum atomic E-state index is 13.3. The van der Waals surface area contributed by atoms with Crippen LogP contribution in [-0.2, 0) is 66.7 Å². The minimum atomic E-state index is -0.939. The van der Waals surface area contributed by atoms with Crippen LogP contribution in [0, 0.1) is 5.92 Å². The van der Waals surface area contributed by atoms with Crippen molar-refractivity contribution in [1.82, 2.24) is 4.90 Å². The number of hydrogen-bond donors (Lipinski definition) is 0. The van der Waals surface area contributed by atoms with Crippen LogP contribution in [0.25, 0.3) is 0 Å². The average Bonchev–Trinajstić information content (AvgIpc) is 3.38. The minimum Gasteiger partial charge on any atom is -0.466 e. The van der Waals surface area contributed by atoms with Crippen molar-refractivity contribution in [3.8, 4) is 0 Å². The van der Waals surface area contributed by atoms with Gasteiger partial charge in [0.05, 0.1) is 6.61 Å². The largest absolute Gasteiger partial charge is 0.466 e. The summed E-state index contributed by atoms with van der Waals surface area (Å²) >= 11 is 0. The number of carbonyl (C=O) groups excluding carboxylic acids is 7. The van der Waals surface area contributed by atoms with Crippen molar-refractivity contribution in [3.63, 3.8) is 0 Å². The van der Waals surface area contributed by atoms with Gasteiger partial charge in [-0.15, -0.1) is 0 Å². The smallest absolute Gasteiger partial charge is 0.306 e. The van der Waals surface area contributed by atoms with E-state index >= 15 is 0 Å². The molecule has 0 N–H and O–H groups in total. The molecule has 0 rings (SSSR count). The molecule has 0 aromatic carbocycles. The molecule has 0 bridgehead atoms. The van der Waals surface area contributed by atoms with E-state index in [4.69, 9.17) is 33.2 Å². The van der Waals surface area contributed by atoms with Crippen LogP contribution in [0.5, 0.6) is 0 Å². The second-order valence-electron chi connectivity index (χ2n) is 20.9. The zero-order valence-corrected chi connectivity index (χ0v) is 48.5. The molecule has 0 saturated heterocycles. The van der Waals surface area contributed by atoms with Crippen molar-refractivity contribution < 1.29 is 66.7 Å². The lowest BCUT2D eigenvalue weighted by atomic mass is 9.91. The molecule has 0 radical (unpaired) electrons. The Labute approximate surface area is 455 Å². The summed E-state index contributed by atoms with van der Waals surface area (Å²) in [6.07, 6.45) is 28.5. The van der Waals surface area contributed by atoms with Gasteiger partial charge in [-0.3, -0.25) is 33.6 Å². The molecule has 15 heteroatoms. The molecule has 438 valence electrons. The normalized spacial score (nSPS) is 11.7. The Hall–Kier alpha value is -3.75. The molecular formula is C60H109NO14. The van der Waals surface area contributed by atoms with Crippen molar-refractivity contribution in [1.29, 1.82) is 0 Å². The molecule has 75 heavy (non-hydrogen) atoms. The number of hydrogen-bond acceptors (Lipinski definition) is 15. The van der Waals surface area contributed by atoms with E-state index in [9.17, 15) is 33.6 Å². The van der Waals surface area contributed by atoms with Gasteiger partial charge in [-0.05, 0) is 77.8 Å². The molecule has 0 heterocycles. The number of carbonyl (C=O) groups is 7. The van der Waals surface area contributed by atoms with Crippen molar-refractivity contribution in [3.05, 3.63) is 0 Å². The summed E-state index contributed by atoms with van der Waals surface area (Å²) in [5.74, 6) is -2.75. The Kier molecular flexibility index (Phi) is 49.7. The van der Waals surface area contributed by atoms with E-state index in [0.29, 0.717) is 45.1 Å². The van der Waals surface area contributed by atoms with Crippen molar-refractivity contribution in [2.45, 2.75) is 284 Å². The van der Waals surface area contributed by atoms with Crippen LogP contribution in [-0.4, -0.2) is 113 Å². The number of unbranched alkanes of at least 4 members (excludes halogenated alkanes) is 21. The van der Waals surface area contributed by atoms with Gasteiger partial charge in [-0.1, -0.05) is 169 Å². The maximum absolute atomic E-state index is 13.3. The number of rotatable bonds is 54. The van der Waals surface area contributed by atoms with E-state index in [-0.39, 0.29) is 107 Å². The van der Waals surface area contributed by atoms with Gasteiger partial charge >= 0.3 is 41.8 Å². The van der Waals surface area contributed by atoms with Crippen LogP contribution in [0.3, 0.4) is 0 Å². The lowest BCUT2D eigenvalue weighted by Gasteiger charge is -2.20. The SMILES string of the molecule is CCCCCCCCC(=O)OCC(COC(=O)CCCCCCCC)OC(=O)CCCCC(CCCC(=O)OC(COC(=O)CCCCCCCC)COC(=O)CCCCCCCC)CCC(=O)OCCCN(C)C. The molecule has 0 fully saturated rings. The fraction of sp³-hybridized carbons (Fsp3) is 0.883. The zero-order chi connectivity index (χ0) is 55.4. The summed E-state index contributed by atoms with van der Waals surface area (Å²) in [4.78, 5) is 91.6. The predicted octanol–water partition coefficient (Wildman–Crippen LogP) is 13.6. The highest BCUT2D eigenvalue weighted by molar-refractivity contribution is 5.72. The Bertz CT molecular complexity index is 1380. The lowest BCUT2D eigenvalue weighted by Crippen LogP contribution is -2.31. The Morgan fingerprint density at radius 3 is 0.960 bits per heavy atom. The zero-order valence-electron chi connectivity index (χ0n) is 48.5. The number of ether oxygens (including phenoxy) is 7. The lowest BCUT2D eigenvalue weighted by molar-refractivity contribution is -0.167. The standard InChI is InChI=1S/C60H109NO14/c1-7-11-15-19-23-27-37-54(62)70-47-52(48-71-55(63)38-28-24-20-16-12-8-2)74-59(67)41-32-31-35-51(43-44-58(66)69-46-34-45-61(5)6)36-33-42-60(68)75-53(49-72-56(64)39-29-25-21-17-13-9-3)50-73-57(65)40-30-26-22-18-14-10-4/h51-53H,7-50H2,1-6H3. The molecule has 1 atom stereocenters. The highest BCUT2D eigenvalue weighted by Crippen LogP contribution is 2.23. The van der Waals surface area contributed by atoms with E-state index in [2.05, 4.69) is 27.7 Å². The average molecular weight is 1070 g/mol. The van der Waals surface area contributed by atoms with Crippen molar-refractivity contribution in [2.24, 2.45) is 5.92 Å². The van der Waals surface area contributed by atoms with E-state index in [1.165, 1.54) is 25.7 Å². The highest BCUT2D eigenvalue weighted by Gasteiger charge is 2.22. The van der Waals surface area contributed by atoms with E-state index < -0.39 is 24.1 Å². The molecule has 0 aliphatic rings. The van der Waals surface area contributed by atoms with Gasteiger partial charge in [-0.2, -0.15) is 0 Å². The fourth-order valence-electron chi connectivity index (χ4n) is 8.58. The van der Waals surface area contributed by atoms with Gasteiger partial charge in [0.25, 0.3) is 0 Å². The molecular weight excluding hydrogens is 959 g/mol. The third-order valence-electron chi connectivity index (χ3n) is 13.3. The molecule has 1 unspecified atom stereocenters. The third kappa shape index (κ3) is 49.6. The van der Waals surface area contributed by atoms with Crippen LogP contribution >= 0.6 is 0 Å². The van der Waals surface area contributed by atoms with Gasteiger partial charge in [0.15, 0.2) is 12.2 Å². The summed E-state index contributed by atoms with van der Waals surface area (Å²) in [5, 5.41) is 0. The molecule has 0 spiro atoms. The molecule has 0 aromatic heterocycles. The first kappa shape index (κ1) is 71.2. The molecule has 0 aliphatic carbocycles. The topological polar surface area (TPSA) is 187 Å². The Morgan fingerprint density at radius 2 is 0.600 bits per heavy atom. The van der Waals surface area contributed by atoms with Gasteiger partial charge in [-0.25, -0.2) is 0 Å². The molecule has 15 nitrogen and oxygen atoms in total. The predicted molar refractivity (Wildman–Crippen MR) is 295 cm³/mol. The van der Waals surface area contributed by atoms with Gasteiger partial charge in [0.1, 0.15) is 26.4 Å². The molecule has 0 amide bonds. The van der Waals surface area contributed by atoms with Gasteiger partial charge < -0.3 is 38.1 Å². The summed E-state index contributed by atoms with van der Waals surface area (Å²) in [6.45, 7) is 8.96. The van der Waals surface area contributed by atoms with Crippen LogP contribution < -0.4 is 0 Å². The van der Waals surface area contributed by atoms with Crippen molar-refractivity contribution >= 4 is 41.8 Å². The summed E-state index contributed by atoms with van der Waals surface area (Å²) < 4.78 is 39.0. The van der Waals surface area contributed by atoms with Crippen molar-refractivity contribution in [2.75, 3.05) is 53.7 Å². The molecule has 0 saturated carbocycles. The first-order valence-electron chi connectivity index (χ1n) is 30.1. The van der Waals surface area contributed by atoms with E-state index in [1.54, 1.807) is 0 Å². The third-order valence-corrected chi connectivity index (χ3v) is 13.3. The van der Waals surface area contributed by atoms with Crippen LogP contribution in [0.1, 0.15) is 272 Å². The molecule has 0 aliphatic heterocycles. The van der Waals surface area contributed by atoms with Crippen LogP contribution in [0.2, 0.25) is 0 Å². The fourth-order valence-corrected chi connectivity index (χ4v) is 8.58. The maximum Gasteiger partial charge on any atom is 0.306 e. The van der Waals surface area contributed by atoms with E-state index in [1.807, 2.05) is 19.0 Å². The quantitative estimate of drug-likeness (QED) is 0.0318. The summed E-state index contributed by atoms with van der Waals surface area (Å²) in [7, 11) is 3.93. The Morgan fingerprint density at radius 1 is 0.307 bits per heavy atom. The summed E-state index contributed by atoms with van der Waals surface area (Å²) in [5.41, 5.74) is 0. The van der Waals surface area contributed by atoms with Crippen LogP contribution in [0.15, 0.2) is 0 Å². The van der Waals surface area contributed by atoms with Gasteiger partial charge in [0, 0.05) is 51.5 Å². The first-order chi connectivity index (χ1) is 36.3. The second kappa shape index (κ2) is 52.3. The summed E-state index contributed by atoms with van der Waals surface area (Å²) in [6, 6.07) is 0. The van der Waals surface area contributed by atoms with Crippen LogP contribution in [0.4, 0.5) is 0 Å². The number of esters is 7. The minimum absolute atomic E-state index is 0.0367. The first-order valence-corrected chi connectivity index (χ1v) is 30.1. The highest BCUT2D eigenvalue weighted by atomic mass is 16.6. The van der Waals surface area contributed by atoms with E-state index in [0.717, 1.165) is 141 Å². The van der Waals surface area contributed by atoms with Gasteiger partial charge in [0.2, 0.25) is 0 Å². The number of nitrogens with zero attached hydrogens (tertiary/aromatic N) is 1. The molecule has 0 aromatic rings. The monoisotopic (exact) mass is 1070 g/mol. The second-order valence-corrected chi connectivity index (χ2v) is 20.9.